The number of methoxy groups -OCH3 is 1. The Morgan fingerprint density at radius 2 is 1.82 bits per heavy atom. The van der Waals surface area contributed by atoms with Gasteiger partial charge in [-0.3, -0.25) is 9.59 Å². The molecule has 1 saturated carbocycles. The predicted octanol–water partition coefficient (Wildman–Crippen LogP) is 4.38. The second kappa shape index (κ2) is 9.21. The average Bonchev–Trinajstić information content (AvgIpc) is 3.51. The first kappa shape index (κ1) is 20.4. The largest absolute Gasteiger partial charge is 0.490 e. The Hall–Kier alpha value is -2.38. The lowest BCUT2D eigenvalue weighted by Crippen LogP contribution is -2.16. The first-order valence-electron chi connectivity index (χ1n) is 9.12. The van der Waals surface area contributed by atoms with E-state index in [1.165, 1.54) is 0 Å². The molecule has 0 atom stereocenters. The maximum atomic E-state index is 12.7. The van der Waals surface area contributed by atoms with Crippen LogP contribution in [0.25, 0.3) is 0 Å². The van der Waals surface area contributed by atoms with E-state index < -0.39 is 0 Å². The van der Waals surface area contributed by atoms with Crippen molar-refractivity contribution in [2.24, 2.45) is 5.92 Å². The maximum Gasteiger partial charge on any atom is 0.255 e. The molecule has 2 amide bonds. The van der Waals surface area contributed by atoms with E-state index in [1.54, 1.807) is 25.3 Å². The molecule has 1 aliphatic rings. The Balaban J connectivity index is 1.68. The predicted molar refractivity (Wildman–Crippen MR) is 112 cm³/mol. The molecular formula is C21H23BrN2O4. The molecule has 1 fully saturated rings. The summed E-state index contributed by atoms with van der Waals surface area (Å²) < 4.78 is 11.2. The summed E-state index contributed by atoms with van der Waals surface area (Å²) in [4.78, 5) is 24.7. The Labute approximate surface area is 172 Å². The Morgan fingerprint density at radius 1 is 1.11 bits per heavy atom. The Morgan fingerprint density at radius 3 is 2.46 bits per heavy atom. The molecule has 0 aromatic heterocycles. The van der Waals surface area contributed by atoms with Gasteiger partial charge in [0.05, 0.1) is 11.1 Å². The van der Waals surface area contributed by atoms with Crippen molar-refractivity contribution in [2.45, 2.75) is 19.8 Å². The molecule has 1 aliphatic carbocycles. The smallest absolute Gasteiger partial charge is 0.255 e. The van der Waals surface area contributed by atoms with Gasteiger partial charge in [0.15, 0.2) is 0 Å². The molecule has 28 heavy (non-hydrogen) atoms. The third kappa shape index (κ3) is 5.11. The number of benzene rings is 2. The zero-order valence-electron chi connectivity index (χ0n) is 15.9. The van der Waals surface area contributed by atoms with E-state index in [9.17, 15) is 9.59 Å². The minimum atomic E-state index is -0.238. The lowest BCUT2D eigenvalue weighted by molar-refractivity contribution is -0.117. The van der Waals surface area contributed by atoms with E-state index in [-0.39, 0.29) is 17.7 Å². The lowest BCUT2D eigenvalue weighted by Gasteiger charge is -2.14. The number of amides is 2. The number of nitrogens with one attached hydrogen (secondary N) is 2. The standard InChI is InChI=1S/C21H23BrN2O4/c1-13-17(23-20(25)14-6-7-14)4-3-5-18(13)24-21(26)15-8-9-19(16(22)12-15)28-11-10-27-2/h3-5,8-9,12,14H,6-7,10-11H2,1-2H3,(H,23,25)(H,24,26). The Kier molecular flexibility index (Phi) is 6.70. The van der Waals surface area contributed by atoms with Gasteiger partial charge in [0, 0.05) is 30.0 Å². The summed E-state index contributed by atoms with van der Waals surface area (Å²) in [5, 5.41) is 5.85. The van der Waals surface area contributed by atoms with Gasteiger partial charge in [-0.25, -0.2) is 0 Å². The van der Waals surface area contributed by atoms with E-state index >= 15 is 0 Å². The Bertz CT molecular complexity index is 881. The van der Waals surface area contributed by atoms with E-state index in [2.05, 4.69) is 26.6 Å². The minimum Gasteiger partial charge on any atom is -0.490 e. The number of carbonyl (C=O) groups excluding carboxylic acids is 2. The van der Waals surface area contributed by atoms with Crippen molar-refractivity contribution in [3.8, 4) is 5.75 Å². The minimum absolute atomic E-state index is 0.0413. The van der Waals surface area contributed by atoms with Crippen LogP contribution in [0.1, 0.15) is 28.8 Å². The van der Waals surface area contributed by atoms with Crippen LogP contribution in [0.3, 0.4) is 0 Å². The monoisotopic (exact) mass is 446 g/mol. The summed E-state index contributed by atoms with van der Waals surface area (Å²) >= 11 is 3.43. The highest BCUT2D eigenvalue weighted by Crippen LogP contribution is 2.32. The van der Waals surface area contributed by atoms with Crippen LogP contribution >= 0.6 is 15.9 Å². The van der Waals surface area contributed by atoms with Crippen LogP contribution in [-0.2, 0) is 9.53 Å². The summed E-state index contributed by atoms with van der Waals surface area (Å²) in [7, 11) is 1.61. The zero-order chi connectivity index (χ0) is 20.1. The van der Waals surface area contributed by atoms with Crippen molar-refractivity contribution in [1.29, 1.82) is 0 Å². The molecule has 148 valence electrons. The van der Waals surface area contributed by atoms with E-state index in [0.29, 0.717) is 34.7 Å². The van der Waals surface area contributed by atoms with Gasteiger partial charge in [-0.1, -0.05) is 6.07 Å². The topological polar surface area (TPSA) is 76.7 Å². The van der Waals surface area contributed by atoms with Gasteiger partial charge < -0.3 is 20.1 Å². The van der Waals surface area contributed by atoms with Crippen LogP contribution in [0.15, 0.2) is 40.9 Å². The zero-order valence-corrected chi connectivity index (χ0v) is 17.5. The number of anilines is 2. The molecule has 0 unspecified atom stereocenters. The van der Waals surface area contributed by atoms with Gasteiger partial charge in [0.1, 0.15) is 12.4 Å². The fourth-order valence-electron chi connectivity index (χ4n) is 2.68. The van der Waals surface area contributed by atoms with Crippen molar-refractivity contribution in [3.63, 3.8) is 0 Å². The molecule has 2 aromatic carbocycles. The molecule has 6 nitrogen and oxygen atoms in total. The quantitative estimate of drug-likeness (QED) is 0.589. The molecule has 0 heterocycles. The van der Waals surface area contributed by atoms with Crippen molar-refractivity contribution in [3.05, 3.63) is 52.0 Å². The van der Waals surface area contributed by atoms with Gasteiger partial charge in [0.25, 0.3) is 5.91 Å². The third-order valence-corrected chi connectivity index (χ3v) is 5.15. The number of halogens is 1. The van der Waals surface area contributed by atoms with Crippen molar-refractivity contribution < 1.29 is 19.1 Å². The van der Waals surface area contributed by atoms with Crippen LogP contribution in [0.2, 0.25) is 0 Å². The van der Waals surface area contributed by atoms with E-state index in [4.69, 9.17) is 9.47 Å². The SMILES string of the molecule is COCCOc1ccc(C(=O)Nc2cccc(NC(=O)C3CC3)c2C)cc1Br. The highest BCUT2D eigenvalue weighted by molar-refractivity contribution is 9.10. The molecule has 0 spiro atoms. The molecule has 0 aliphatic heterocycles. The molecule has 3 rings (SSSR count). The normalized spacial score (nSPS) is 13.1. The lowest BCUT2D eigenvalue weighted by atomic mass is 10.1. The molecule has 0 bridgehead atoms. The second-order valence-electron chi connectivity index (χ2n) is 6.68. The van der Waals surface area contributed by atoms with Crippen molar-refractivity contribution in [1.82, 2.24) is 0 Å². The highest BCUT2D eigenvalue weighted by atomic mass is 79.9. The van der Waals surface area contributed by atoms with Gasteiger partial charge in [-0.05, 0) is 71.6 Å². The number of hydrogen-bond acceptors (Lipinski definition) is 4. The molecule has 0 radical (unpaired) electrons. The summed E-state index contributed by atoms with van der Waals surface area (Å²) in [5.74, 6) is 0.576. The van der Waals surface area contributed by atoms with Crippen LogP contribution in [-0.4, -0.2) is 32.1 Å². The summed E-state index contributed by atoms with van der Waals surface area (Å²) in [6.45, 7) is 2.79. The number of hydrogen-bond donors (Lipinski definition) is 2. The summed E-state index contributed by atoms with van der Waals surface area (Å²) in [5.41, 5.74) is 2.70. The van der Waals surface area contributed by atoms with Crippen molar-refractivity contribution >= 4 is 39.1 Å². The van der Waals surface area contributed by atoms with Crippen LogP contribution in [0.5, 0.6) is 5.75 Å². The number of carbonyl (C=O) groups is 2. The summed E-state index contributed by atoms with van der Waals surface area (Å²) in [6, 6.07) is 10.6. The van der Waals surface area contributed by atoms with Crippen molar-refractivity contribution in [2.75, 3.05) is 31.0 Å². The third-order valence-electron chi connectivity index (χ3n) is 4.53. The number of rotatable bonds is 8. The van der Waals surface area contributed by atoms with E-state index in [0.717, 1.165) is 24.1 Å². The van der Waals surface area contributed by atoms with E-state index in [1.807, 2.05) is 25.1 Å². The highest BCUT2D eigenvalue weighted by Gasteiger charge is 2.29. The van der Waals surface area contributed by atoms with Crippen LogP contribution in [0.4, 0.5) is 11.4 Å². The first-order valence-corrected chi connectivity index (χ1v) is 9.92. The van der Waals surface area contributed by atoms with Crippen LogP contribution < -0.4 is 15.4 Å². The maximum absolute atomic E-state index is 12.7. The van der Waals surface area contributed by atoms with Gasteiger partial charge in [-0.15, -0.1) is 0 Å². The van der Waals surface area contributed by atoms with Crippen LogP contribution in [0, 0.1) is 12.8 Å². The molecule has 2 N–H and O–H groups in total. The number of ether oxygens (including phenoxy) is 2. The van der Waals surface area contributed by atoms with Gasteiger partial charge in [-0.2, -0.15) is 0 Å². The fourth-order valence-corrected chi connectivity index (χ4v) is 3.17. The fraction of sp³-hybridized carbons (Fsp3) is 0.333. The molecule has 0 saturated heterocycles. The van der Waals surface area contributed by atoms with Gasteiger partial charge >= 0.3 is 0 Å². The summed E-state index contributed by atoms with van der Waals surface area (Å²) in [6.07, 6.45) is 1.89. The average molecular weight is 447 g/mol. The second-order valence-corrected chi connectivity index (χ2v) is 7.54. The molecular weight excluding hydrogens is 424 g/mol. The van der Waals surface area contributed by atoms with Gasteiger partial charge in [0.2, 0.25) is 5.91 Å². The molecule has 7 heteroatoms. The molecule has 2 aromatic rings. The first-order chi connectivity index (χ1) is 13.5.